The van der Waals surface area contributed by atoms with Crippen LogP contribution in [0.4, 0.5) is 0 Å². The summed E-state index contributed by atoms with van der Waals surface area (Å²) in [7, 11) is 0. The zero-order chi connectivity index (χ0) is 18.1. The molecule has 2 rings (SSSR count). The highest BCUT2D eigenvalue weighted by Crippen LogP contribution is 2.38. The van der Waals surface area contributed by atoms with Gasteiger partial charge in [-0.1, -0.05) is 38.5 Å². The zero-order valence-electron chi connectivity index (χ0n) is 14.8. The van der Waals surface area contributed by atoms with Gasteiger partial charge in [0, 0.05) is 0 Å². The molecular weight excluding hydrogens is 308 g/mol. The SMILES string of the molecule is NCC1(CC(=O)O)CCCCC1.NCC1(CC(=O)O)CCCCC1. The second kappa shape index (κ2) is 9.99. The number of hydrogen-bond donors (Lipinski definition) is 4. The van der Waals surface area contributed by atoms with E-state index in [4.69, 9.17) is 21.7 Å². The van der Waals surface area contributed by atoms with Crippen LogP contribution in [-0.2, 0) is 9.59 Å². The van der Waals surface area contributed by atoms with Crippen molar-refractivity contribution in [1.82, 2.24) is 0 Å². The van der Waals surface area contributed by atoms with Gasteiger partial charge in [0.15, 0.2) is 0 Å². The fraction of sp³-hybridized carbons (Fsp3) is 0.889. The predicted octanol–water partition coefficient (Wildman–Crippen LogP) is 2.74. The summed E-state index contributed by atoms with van der Waals surface area (Å²) in [6.07, 6.45) is 11.5. The van der Waals surface area contributed by atoms with Crippen LogP contribution in [0.5, 0.6) is 0 Å². The molecule has 0 atom stereocenters. The first-order valence-electron chi connectivity index (χ1n) is 9.21. The number of carboxylic acids is 2. The topological polar surface area (TPSA) is 127 Å². The normalized spacial score (nSPS) is 22.1. The fourth-order valence-electron chi connectivity index (χ4n) is 4.15. The monoisotopic (exact) mass is 342 g/mol. The highest BCUT2D eigenvalue weighted by molar-refractivity contribution is 5.68. The van der Waals surface area contributed by atoms with E-state index in [0.29, 0.717) is 13.1 Å². The van der Waals surface area contributed by atoms with Crippen molar-refractivity contribution in [2.24, 2.45) is 22.3 Å². The van der Waals surface area contributed by atoms with Gasteiger partial charge in [-0.2, -0.15) is 0 Å². The van der Waals surface area contributed by atoms with Crippen LogP contribution in [0.1, 0.15) is 77.0 Å². The van der Waals surface area contributed by atoms with Crippen molar-refractivity contribution >= 4 is 11.9 Å². The van der Waals surface area contributed by atoms with Crippen LogP contribution in [0.25, 0.3) is 0 Å². The van der Waals surface area contributed by atoms with Gasteiger partial charge < -0.3 is 21.7 Å². The van der Waals surface area contributed by atoms with Gasteiger partial charge in [0.1, 0.15) is 0 Å². The summed E-state index contributed by atoms with van der Waals surface area (Å²) in [5, 5.41) is 17.4. The smallest absolute Gasteiger partial charge is 0.303 e. The van der Waals surface area contributed by atoms with Crippen molar-refractivity contribution in [2.45, 2.75) is 77.0 Å². The van der Waals surface area contributed by atoms with Gasteiger partial charge in [-0.15, -0.1) is 0 Å². The van der Waals surface area contributed by atoms with Crippen LogP contribution in [0.2, 0.25) is 0 Å². The first-order chi connectivity index (χ1) is 11.4. The molecule has 0 unspecified atom stereocenters. The Morgan fingerprint density at radius 2 is 0.958 bits per heavy atom. The fourth-order valence-corrected chi connectivity index (χ4v) is 4.15. The van der Waals surface area contributed by atoms with Crippen molar-refractivity contribution in [3.8, 4) is 0 Å². The predicted molar refractivity (Wildman–Crippen MR) is 93.7 cm³/mol. The molecule has 24 heavy (non-hydrogen) atoms. The summed E-state index contributed by atoms with van der Waals surface area (Å²) in [6.45, 7) is 1.05. The van der Waals surface area contributed by atoms with Crippen LogP contribution in [0, 0.1) is 10.8 Å². The summed E-state index contributed by atoms with van der Waals surface area (Å²) in [5.74, 6) is -1.41. The lowest BCUT2D eigenvalue weighted by Crippen LogP contribution is -2.34. The van der Waals surface area contributed by atoms with Crippen LogP contribution < -0.4 is 11.5 Å². The molecule has 0 aromatic rings. The first-order valence-corrected chi connectivity index (χ1v) is 9.21. The molecule has 0 amide bonds. The van der Waals surface area contributed by atoms with E-state index in [1.807, 2.05) is 0 Å². The van der Waals surface area contributed by atoms with Crippen LogP contribution in [0.3, 0.4) is 0 Å². The molecule has 0 bridgehead atoms. The molecule has 6 heteroatoms. The largest absolute Gasteiger partial charge is 0.481 e. The van der Waals surface area contributed by atoms with Gasteiger partial charge in [-0.05, 0) is 49.6 Å². The number of rotatable bonds is 6. The van der Waals surface area contributed by atoms with Crippen molar-refractivity contribution in [3.63, 3.8) is 0 Å². The molecular formula is C18H34N2O4. The van der Waals surface area contributed by atoms with Gasteiger partial charge in [-0.25, -0.2) is 0 Å². The van der Waals surface area contributed by atoms with E-state index in [1.54, 1.807) is 0 Å². The molecule has 6 nitrogen and oxygen atoms in total. The van der Waals surface area contributed by atoms with Gasteiger partial charge in [0.05, 0.1) is 12.8 Å². The highest BCUT2D eigenvalue weighted by atomic mass is 16.4. The van der Waals surface area contributed by atoms with E-state index in [9.17, 15) is 9.59 Å². The van der Waals surface area contributed by atoms with Crippen LogP contribution >= 0.6 is 0 Å². The third kappa shape index (κ3) is 6.77. The maximum absolute atomic E-state index is 10.6. The van der Waals surface area contributed by atoms with E-state index in [-0.39, 0.29) is 23.7 Å². The molecule has 2 aliphatic rings. The molecule has 140 valence electrons. The molecule has 0 aromatic heterocycles. The Kier molecular flexibility index (Phi) is 8.70. The lowest BCUT2D eigenvalue weighted by molar-refractivity contribution is -0.141. The average Bonchev–Trinajstić information content (AvgIpc) is 2.56. The standard InChI is InChI=1S/2C9H17NO2/c2*10-7-9(6-8(11)12)4-2-1-3-5-9/h2*1-7,10H2,(H,11,12). The average molecular weight is 342 g/mol. The summed E-state index contributed by atoms with van der Waals surface area (Å²) in [5.41, 5.74) is 11.1. The summed E-state index contributed by atoms with van der Waals surface area (Å²) < 4.78 is 0. The number of carbonyl (C=O) groups is 2. The molecule has 0 aromatic carbocycles. The first kappa shape index (κ1) is 20.9. The van der Waals surface area contributed by atoms with Crippen molar-refractivity contribution in [3.05, 3.63) is 0 Å². The van der Waals surface area contributed by atoms with Gasteiger partial charge in [0.25, 0.3) is 0 Å². The number of nitrogens with two attached hydrogens (primary N) is 2. The number of carboxylic acid groups (broad SMARTS) is 2. The summed E-state index contributed by atoms with van der Waals surface area (Å²) >= 11 is 0. The van der Waals surface area contributed by atoms with Gasteiger partial charge >= 0.3 is 11.9 Å². The molecule has 2 fully saturated rings. The molecule has 0 saturated heterocycles. The Morgan fingerprint density at radius 1 is 0.667 bits per heavy atom. The molecule has 2 aliphatic carbocycles. The van der Waals surface area contributed by atoms with E-state index >= 15 is 0 Å². The maximum atomic E-state index is 10.6. The lowest BCUT2D eigenvalue weighted by atomic mass is 9.72. The molecule has 0 spiro atoms. The van der Waals surface area contributed by atoms with E-state index in [0.717, 1.165) is 51.4 Å². The van der Waals surface area contributed by atoms with Crippen LogP contribution in [0.15, 0.2) is 0 Å². The lowest BCUT2D eigenvalue weighted by Gasteiger charge is -2.34. The third-order valence-corrected chi connectivity index (χ3v) is 5.75. The minimum absolute atomic E-state index is 0.0793. The molecule has 2 saturated carbocycles. The van der Waals surface area contributed by atoms with E-state index in [2.05, 4.69) is 0 Å². The Hall–Kier alpha value is -1.14. The molecule has 0 radical (unpaired) electrons. The Labute approximate surface area is 145 Å². The third-order valence-electron chi connectivity index (χ3n) is 5.75. The number of aliphatic carboxylic acids is 2. The minimum Gasteiger partial charge on any atom is -0.481 e. The zero-order valence-corrected chi connectivity index (χ0v) is 14.8. The van der Waals surface area contributed by atoms with Crippen molar-refractivity contribution in [2.75, 3.05) is 13.1 Å². The highest BCUT2D eigenvalue weighted by Gasteiger charge is 2.33. The Morgan fingerprint density at radius 3 is 1.17 bits per heavy atom. The Balaban J connectivity index is 0.000000240. The van der Waals surface area contributed by atoms with Crippen LogP contribution in [-0.4, -0.2) is 35.2 Å². The summed E-state index contributed by atoms with van der Waals surface area (Å²) in [6, 6.07) is 0. The second-order valence-electron chi connectivity index (χ2n) is 7.67. The van der Waals surface area contributed by atoms with Crippen molar-refractivity contribution in [1.29, 1.82) is 0 Å². The van der Waals surface area contributed by atoms with E-state index in [1.165, 1.54) is 12.8 Å². The van der Waals surface area contributed by atoms with Crippen molar-refractivity contribution < 1.29 is 19.8 Å². The second-order valence-corrected chi connectivity index (χ2v) is 7.67. The molecule has 0 aliphatic heterocycles. The quantitative estimate of drug-likeness (QED) is 0.588. The van der Waals surface area contributed by atoms with Gasteiger partial charge in [0.2, 0.25) is 0 Å². The maximum Gasteiger partial charge on any atom is 0.303 e. The van der Waals surface area contributed by atoms with E-state index < -0.39 is 11.9 Å². The molecule has 6 N–H and O–H groups in total. The summed E-state index contributed by atoms with van der Waals surface area (Å²) in [4.78, 5) is 21.2. The van der Waals surface area contributed by atoms with Gasteiger partial charge in [-0.3, -0.25) is 9.59 Å². The number of hydrogen-bond acceptors (Lipinski definition) is 4. The molecule has 0 heterocycles. The Bertz CT molecular complexity index is 362. The minimum atomic E-state index is -0.706.